The largest absolute Gasteiger partial charge is 0.438 e. The molecule has 5 rings (SSSR count). The van der Waals surface area contributed by atoms with Crippen LogP contribution in [-0.4, -0.2) is 36.1 Å². The molecule has 7 heteroatoms. The molecule has 1 spiro atoms. The van der Waals surface area contributed by atoms with Crippen molar-refractivity contribution in [2.45, 2.75) is 24.8 Å². The van der Waals surface area contributed by atoms with E-state index in [1.54, 1.807) is 12.1 Å². The number of imide groups is 1. The van der Waals surface area contributed by atoms with Crippen LogP contribution in [0.4, 0.5) is 10.5 Å². The number of furan rings is 1. The van der Waals surface area contributed by atoms with E-state index in [0.717, 1.165) is 23.4 Å². The average Bonchev–Trinajstić information content (AvgIpc) is 3.49. The van der Waals surface area contributed by atoms with E-state index in [1.165, 1.54) is 5.56 Å². The predicted octanol–water partition coefficient (Wildman–Crippen LogP) is 3.33. The van der Waals surface area contributed by atoms with Gasteiger partial charge >= 0.3 is 11.9 Å². The number of quaternary nitrogens is 1. The van der Waals surface area contributed by atoms with Gasteiger partial charge in [0.1, 0.15) is 0 Å². The van der Waals surface area contributed by atoms with Gasteiger partial charge in [-0.1, -0.05) is 36.3 Å². The Balaban J connectivity index is 1.38. The Hall–Kier alpha value is -3.86. The van der Waals surface area contributed by atoms with Crippen molar-refractivity contribution in [2.24, 2.45) is 11.5 Å². The zero-order chi connectivity index (χ0) is 23.8. The summed E-state index contributed by atoms with van der Waals surface area (Å²) in [6.07, 6.45) is 1.30. The normalized spacial score (nSPS) is 23.0. The number of hydrogen-bond acceptors (Lipinski definition) is 5. The number of benzene rings is 2. The summed E-state index contributed by atoms with van der Waals surface area (Å²) in [4.78, 5) is 26.1. The van der Waals surface area contributed by atoms with Gasteiger partial charge in [-0.05, 0) is 47.4 Å². The number of urea groups is 1. The number of carbonyl (C=O) groups excluding carboxylic acids is 2. The second kappa shape index (κ2) is 8.49. The number of carbonyl (C=O) groups is 2. The molecule has 3 aromatic rings. The number of fused-ring (bicyclic) bond motifs is 2. The van der Waals surface area contributed by atoms with Crippen LogP contribution in [-0.2, 0) is 12.0 Å². The van der Waals surface area contributed by atoms with Crippen molar-refractivity contribution in [1.29, 1.82) is 0 Å². The maximum Gasteiger partial charge on any atom is 0.421 e. The van der Waals surface area contributed by atoms with Gasteiger partial charge in [0.2, 0.25) is 5.76 Å². The van der Waals surface area contributed by atoms with Gasteiger partial charge in [0, 0.05) is 42.6 Å². The van der Waals surface area contributed by atoms with Crippen molar-refractivity contribution in [2.75, 3.05) is 25.0 Å². The highest BCUT2D eigenvalue weighted by Gasteiger charge is 2.54. The highest BCUT2D eigenvalue weighted by Crippen LogP contribution is 2.46. The maximum absolute atomic E-state index is 13.5. The van der Waals surface area contributed by atoms with Crippen LogP contribution in [0.2, 0.25) is 0 Å². The number of likely N-dealkylation sites (tertiary alicyclic amines) is 1. The number of nitrogens with one attached hydrogen (secondary N) is 1. The lowest BCUT2D eigenvalue weighted by molar-refractivity contribution is -0.774. The molecule has 1 saturated heterocycles. The van der Waals surface area contributed by atoms with Crippen molar-refractivity contribution in [3.63, 3.8) is 0 Å². The first-order chi connectivity index (χ1) is 16.5. The van der Waals surface area contributed by atoms with Gasteiger partial charge in [0.25, 0.3) is 0 Å². The lowest BCUT2D eigenvalue weighted by Crippen LogP contribution is -2.65. The minimum Gasteiger partial charge on any atom is -0.438 e. The van der Waals surface area contributed by atoms with Gasteiger partial charge in [0.05, 0.1) is 13.1 Å². The molecule has 5 N–H and O–H groups in total. The number of primary amides is 1. The molecule has 0 radical (unpaired) electrons. The summed E-state index contributed by atoms with van der Waals surface area (Å²) in [6.45, 7) is 1.86. The van der Waals surface area contributed by atoms with Crippen LogP contribution >= 0.6 is 0 Å². The summed E-state index contributed by atoms with van der Waals surface area (Å²) < 4.78 is 5.27. The third kappa shape index (κ3) is 3.67. The summed E-state index contributed by atoms with van der Waals surface area (Å²) in [6, 6.07) is 18.3. The number of piperidine rings is 1. The molecule has 1 fully saturated rings. The van der Waals surface area contributed by atoms with E-state index in [1.807, 2.05) is 36.4 Å². The third-order valence-electron chi connectivity index (χ3n) is 7.18. The number of hydrogen-bond donors (Lipinski definition) is 3. The molecule has 0 aliphatic carbocycles. The Morgan fingerprint density at radius 3 is 2.50 bits per heavy atom. The van der Waals surface area contributed by atoms with Crippen LogP contribution in [0.3, 0.4) is 0 Å². The molecule has 1 aromatic heterocycles. The Morgan fingerprint density at radius 1 is 1.03 bits per heavy atom. The van der Waals surface area contributed by atoms with Gasteiger partial charge < -0.3 is 21.2 Å². The van der Waals surface area contributed by atoms with Crippen molar-refractivity contribution < 1.29 is 18.5 Å². The summed E-state index contributed by atoms with van der Waals surface area (Å²) in [5.41, 5.74) is 15.7. The fourth-order valence-corrected chi connectivity index (χ4v) is 5.07. The number of amides is 3. The molecule has 2 aliphatic rings. The molecule has 2 aromatic carbocycles. The van der Waals surface area contributed by atoms with E-state index < -0.39 is 16.4 Å². The molecular weight excluding hydrogens is 428 g/mol. The minimum atomic E-state index is -0.657. The van der Waals surface area contributed by atoms with Crippen LogP contribution in [0.25, 0.3) is 0 Å². The van der Waals surface area contributed by atoms with E-state index in [9.17, 15) is 9.59 Å². The number of rotatable bonds is 2. The van der Waals surface area contributed by atoms with Crippen LogP contribution < -0.4 is 16.8 Å². The Labute approximate surface area is 198 Å². The van der Waals surface area contributed by atoms with Gasteiger partial charge in [-0.25, -0.2) is 9.59 Å². The Morgan fingerprint density at radius 2 is 1.79 bits per heavy atom. The highest BCUT2D eigenvalue weighted by atomic mass is 16.4. The maximum atomic E-state index is 13.5. The van der Waals surface area contributed by atoms with E-state index in [2.05, 4.69) is 29.3 Å². The van der Waals surface area contributed by atoms with E-state index in [4.69, 9.17) is 15.9 Å². The highest BCUT2D eigenvalue weighted by molar-refractivity contribution is 5.93. The number of nitrogens with two attached hydrogens (primary N) is 2. The minimum absolute atomic E-state index is 0.0995. The Bertz CT molecular complexity index is 1310. The van der Waals surface area contributed by atoms with E-state index in [0.29, 0.717) is 38.2 Å². The first-order valence-electron chi connectivity index (χ1n) is 11.4. The number of anilines is 1. The fourth-order valence-electron chi connectivity index (χ4n) is 5.07. The molecular formula is C27H27N4O3+. The Kier molecular flexibility index (Phi) is 5.48. The predicted molar refractivity (Wildman–Crippen MR) is 129 cm³/mol. The van der Waals surface area contributed by atoms with Gasteiger partial charge in [-0.2, -0.15) is 4.48 Å². The smallest absolute Gasteiger partial charge is 0.421 e. The van der Waals surface area contributed by atoms with Gasteiger partial charge in [0.15, 0.2) is 5.76 Å². The van der Waals surface area contributed by atoms with Crippen molar-refractivity contribution in [1.82, 2.24) is 0 Å². The quantitative estimate of drug-likeness (QED) is 0.405. The molecule has 0 unspecified atom stereocenters. The summed E-state index contributed by atoms with van der Waals surface area (Å²) >= 11 is 0. The molecule has 0 saturated carbocycles. The third-order valence-corrected chi connectivity index (χ3v) is 7.18. The summed E-state index contributed by atoms with van der Waals surface area (Å²) in [5.74, 6) is 5.99. The molecule has 0 bridgehead atoms. The monoisotopic (exact) mass is 455 g/mol. The zero-order valence-electron chi connectivity index (χ0n) is 18.8. The first kappa shape index (κ1) is 22.0. The van der Waals surface area contributed by atoms with Crippen molar-refractivity contribution >= 4 is 17.6 Å². The molecule has 0 atom stereocenters. The molecule has 172 valence electrons. The van der Waals surface area contributed by atoms with E-state index in [-0.39, 0.29) is 11.2 Å². The second-order valence-electron chi connectivity index (χ2n) is 9.06. The van der Waals surface area contributed by atoms with E-state index >= 15 is 0 Å². The topological polar surface area (TPSA) is 111 Å². The van der Waals surface area contributed by atoms with Crippen LogP contribution in [0.1, 0.15) is 45.8 Å². The average molecular weight is 456 g/mol. The fraction of sp³-hybridized carbons (Fsp3) is 0.259. The molecule has 3 heterocycles. The molecule has 34 heavy (non-hydrogen) atoms. The SMILES string of the molecule is NCc1ccc2c(c1)C1(CC[N+](C(N)=O)(C(=O)c3ccc(C#Cc4ccccc4)o3)CC1)CN2. The van der Waals surface area contributed by atoms with Crippen molar-refractivity contribution in [3.05, 3.63) is 88.9 Å². The standard InChI is InChI=1S/C27H26N4O3/c28-17-20-7-10-23-22(16-20)27(18-30-23)12-14-31(15-13-27,26(29)33)25(32)24-11-9-21(34-24)8-6-19-4-2-1-3-5-19/h1-5,7,9-11,16,30H,12-15,17-18,28H2,(H-,29,33)/p+1. The van der Waals surface area contributed by atoms with Gasteiger partial charge in [-0.15, -0.1) is 0 Å². The zero-order valence-corrected chi connectivity index (χ0v) is 18.8. The van der Waals surface area contributed by atoms with Crippen LogP contribution in [0, 0.1) is 11.8 Å². The van der Waals surface area contributed by atoms with Gasteiger partial charge in [-0.3, -0.25) is 0 Å². The van der Waals surface area contributed by atoms with Crippen LogP contribution in [0.15, 0.2) is 65.1 Å². The second-order valence-corrected chi connectivity index (χ2v) is 9.06. The molecule has 3 amide bonds. The lowest BCUT2D eigenvalue weighted by Gasteiger charge is -2.42. The lowest BCUT2D eigenvalue weighted by atomic mass is 9.73. The summed E-state index contributed by atoms with van der Waals surface area (Å²) in [7, 11) is 0. The molecule has 7 nitrogen and oxygen atoms in total. The first-order valence-corrected chi connectivity index (χ1v) is 11.4. The van der Waals surface area contributed by atoms with Crippen LogP contribution in [0.5, 0.6) is 0 Å². The molecule has 2 aliphatic heterocycles. The van der Waals surface area contributed by atoms with Crippen molar-refractivity contribution in [3.8, 4) is 11.8 Å². The summed E-state index contributed by atoms with van der Waals surface area (Å²) in [5, 5.41) is 3.48. The number of nitrogens with zero attached hydrogens (tertiary/aromatic N) is 1.